The molecular weight excluding hydrogens is 310 g/mol. The lowest BCUT2D eigenvalue weighted by Gasteiger charge is -2.20. The number of hydrogen-bond acceptors (Lipinski definition) is 4. The summed E-state index contributed by atoms with van der Waals surface area (Å²) in [4.78, 5) is 23.7. The van der Waals surface area contributed by atoms with Gasteiger partial charge in [0.25, 0.3) is 0 Å². The lowest BCUT2D eigenvalue weighted by Crippen LogP contribution is -2.45. The molecule has 0 spiro atoms. The molecule has 0 aromatic heterocycles. The molecule has 2 N–H and O–H groups in total. The van der Waals surface area contributed by atoms with Crippen LogP contribution in [0.15, 0.2) is 18.2 Å². The van der Waals surface area contributed by atoms with Crippen molar-refractivity contribution < 1.29 is 24.2 Å². The van der Waals surface area contributed by atoms with Crippen LogP contribution in [0, 0.1) is 11.8 Å². The highest BCUT2D eigenvalue weighted by atomic mass is 16.6. The first-order valence-corrected chi connectivity index (χ1v) is 8.44. The molecule has 1 heterocycles. The average molecular weight is 333 g/mol. The van der Waals surface area contributed by atoms with Crippen molar-refractivity contribution in [3.63, 3.8) is 0 Å². The number of ether oxygens (including phenoxy) is 2. The van der Waals surface area contributed by atoms with Crippen molar-refractivity contribution in [2.75, 3.05) is 13.2 Å². The maximum Gasteiger partial charge on any atom is 0.326 e. The molecule has 1 amide bonds. The van der Waals surface area contributed by atoms with Gasteiger partial charge >= 0.3 is 5.97 Å². The van der Waals surface area contributed by atoms with Crippen LogP contribution in [0.5, 0.6) is 11.5 Å². The molecule has 6 heteroatoms. The molecule has 130 valence electrons. The van der Waals surface area contributed by atoms with E-state index in [-0.39, 0.29) is 23.7 Å². The van der Waals surface area contributed by atoms with Crippen LogP contribution in [-0.2, 0) is 9.59 Å². The van der Waals surface area contributed by atoms with Gasteiger partial charge in [-0.2, -0.15) is 0 Å². The summed E-state index contributed by atoms with van der Waals surface area (Å²) in [7, 11) is 0. The van der Waals surface area contributed by atoms with Gasteiger partial charge in [-0.25, -0.2) is 4.79 Å². The largest absolute Gasteiger partial charge is 0.486 e. The molecule has 4 atom stereocenters. The quantitative estimate of drug-likeness (QED) is 0.833. The third-order valence-corrected chi connectivity index (χ3v) is 4.90. The van der Waals surface area contributed by atoms with Gasteiger partial charge in [-0.05, 0) is 36.0 Å². The van der Waals surface area contributed by atoms with E-state index in [0.29, 0.717) is 25.4 Å². The van der Waals surface area contributed by atoms with Crippen molar-refractivity contribution in [3.05, 3.63) is 23.8 Å². The molecule has 0 radical (unpaired) electrons. The second kappa shape index (κ2) is 6.71. The van der Waals surface area contributed by atoms with E-state index in [1.54, 1.807) is 0 Å². The van der Waals surface area contributed by atoms with Crippen LogP contribution in [0.25, 0.3) is 0 Å². The number of aliphatic carboxylic acids is 1. The van der Waals surface area contributed by atoms with Crippen LogP contribution in [0.2, 0.25) is 0 Å². The van der Waals surface area contributed by atoms with Gasteiger partial charge in [0.2, 0.25) is 5.91 Å². The normalized spacial score (nSPS) is 23.9. The Morgan fingerprint density at radius 2 is 2.00 bits per heavy atom. The molecule has 6 nitrogen and oxygen atoms in total. The van der Waals surface area contributed by atoms with Crippen LogP contribution in [0.4, 0.5) is 0 Å². The van der Waals surface area contributed by atoms with Crippen LogP contribution in [0.3, 0.4) is 0 Å². The lowest BCUT2D eigenvalue weighted by molar-refractivity contribution is -0.143. The van der Waals surface area contributed by atoms with E-state index in [1.165, 1.54) is 0 Å². The predicted molar refractivity (Wildman–Crippen MR) is 87.3 cm³/mol. The zero-order chi connectivity index (χ0) is 17.3. The molecule has 1 aromatic carbocycles. The molecule has 2 aliphatic rings. The molecular formula is C18H23NO5. The summed E-state index contributed by atoms with van der Waals surface area (Å²) in [5.41, 5.74) is 1.04. The van der Waals surface area contributed by atoms with Gasteiger partial charge in [-0.3, -0.25) is 4.79 Å². The Hall–Kier alpha value is -2.24. The maximum absolute atomic E-state index is 12.4. The molecule has 1 aliphatic heterocycles. The number of fused-ring (bicyclic) bond motifs is 1. The van der Waals surface area contributed by atoms with Crippen LogP contribution < -0.4 is 14.8 Å². The smallest absolute Gasteiger partial charge is 0.326 e. The molecule has 2 unspecified atom stereocenters. The van der Waals surface area contributed by atoms with Crippen molar-refractivity contribution >= 4 is 11.9 Å². The summed E-state index contributed by atoms with van der Waals surface area (Å²) in [5.74, 6) is 0.141. The van der Waals surface area contributed by atoms with E-state index in [2.05, 4.69) is 5.32 Å². The highest BCUT2D eigenvalue weighted by Crippen LogP contribution is 2.49. The molecule has 1 aromatic rings. The lowest BCUT2D eigenvalue weighted by atomic mass is 9.99. The van der Waals surface area contributed by atoms with Crippen molar-refractivity contribution in [2.45, 2.75) is 38.6 Å². The monoisotopic (exact) mass is 333 g/mol. The summed E-state index contributed by atoms with van der Waals surface area (Å²) in [6.45, 7) is 4.83. The van der Waals surface area contributed by atoms with E-state index in [4.69, 9.17) is 9.47 Å². The minimum Gasteiger partial charge on any atom is -0.486 e. The minimum atomic E-state index is -0.978. The van der Waals surface area contributed by atoms with E-state index < -0.39 is 12.0 Å². The molecule has 0 bridgehead atoms. The number of rotatable bonds is 6. The molecule has 3 rings (SSSR count). The van der Waals surface area contributed by atoms with Gasteiger partial charge in [0.05, 0.1) is 0 Å². The van der Waals surface area contributed by atoms with Crippen LogP contribution in [0.1, 0.15) is 38.2 Å². The molecule has 1 aliphatic carbocycles. The highest BCUT2D eigenvalue weighted by Gasteiger charge is 2.45. The fourth-order valence-electron chi connectivity index (χ4n) is 3.09. The fraction of sp³-hybridized carbons (Fsp3) is 0.556. The zero-order valence-electron chi connectivity index (χ0n) is 14.0. The second-order valence-corrected chi connectivity index (χ2v) is 6.56. The highest BCUT2D eigenvalue weighted by molar-refractivity contribution is 5.87. The van der Waals surface area contributed by atoms with E-state index in [0.717, 1.165) is 17.7 Å². The number of amides is 1. The number of carbonyl (C=O) groups is 2. The van der Waals surface area contributed by atoms with Gasteiger partial charge < -0.3 is 19.9 Å². The number of hydrogen-bond donors (Lipinski definition) is 2. The number of nitrogens with one attached hydrogen (secondary N) is 1. The summed E-state index contributed by atoms with van der Waals surface area (Å²) in [6.07, 6.45) is 1.44. The standard InChI is InChI=1S/C18H23NO5/c1-3-10(2)16(18(21)22)19-17(20)13-9-12(13)11-4-5-14-15(8-11)24-7-6-23-14/h4-5,8,10,12-13,16H,3,6-7,9H2,1-2H3,(H,19,20)(H,21,22)/t10-,12?,13?,16-/m0/s1. The molecule has 0 saturated heterocycles. The third kappa shape index (κ3) is 3.32. The van der Waals surface area contributed by atoms with Gasteiger partial charge in [0.15, 0.2) is 11.5 Å². The van der Waals surface area contributed by atoms with Gasteiger partial charge in [0, 0.05) is 5.92 Å². The Balaban J connectivity index is 1.64. The van der Waals surface area contributed by atoms with Crippen molar-refractivity contribution in [1.29, 1.82) is 0 Å². The number of carboxylic acids is 1. The average Bonchev–Trinajstić information content (AvgIpc) is 3.39. The third-order valence-electron chi connectivity index (χ3n) is 4.90. The van der Waals surface area contributed by atoms with Gasteiger partial charge in [-0.15, -0.1) is 0 Å². The first-order valence-electron chi connectivity index (χ1n) is 8.44. The molecule has 24 heavy (non-hydrogen) atoms. The summed E-state index contributed by atoms with van der Waals surface area (Å²) in [6, 6.07) is 4.92. The van der Waals surface area contributed by atoms with Gasteiger partial charge in [-0.1, -0.05) is 26.3 Å². The number of carbonyl (C=O) groups excluding carboxylic acids is 1. The van der Waals surface area contributed by atoms with Crippen LogP contribution in [-0.4, -0.2) is 36.2 Å². The van der Waals surface area contributed by atoms with Crippen molar-refractivity contribution in [1.82, 2.24) is 5.32 Å². The Bertz CT molecular complexity index is 644. The summed E-state index contributed by atoms with van der Waals surface area (Å²) < 4.78 is 11.1. The summed E-state index contributed by atoms with van der Waals surface area (Å²) in [5, 5.41) is 12.0. The second-order valence-electron chi connectivity index (χ2n) is 6.56. The number of carboxylic acid groups (broad SMARTS) is 1. The first-order chi connectivity index (χ1) is 11.5. The Morgan fingerprint density at radius 3 is 2.67 bits per heavy atom. The van der Waals surface area contributed by atoms with E-state index in [1.807, 2.05) is 32.0 Å². The topological polar surface area (TPSA) is 84.9 Å². The van der Waals surface area contributed by atoms with E-state index >= 15 is 0 Å². The van der Waals surface area contributed by atoms with Crippen molar-refractivity contribution in [2.24, 2.45) is 11.8 Å². The Labute approximate surface area is 141 Å². The van der Waals surface area contributed by atoms with E-state index in [9.17, 15) is 14.7 Å². The maximum atomic E-state index is 12.4. The molecule has 1 saturated carbocycles. The minimum absolute atomic E-state index is 0.0991. The van der Waals surface area contributed by atoms with Crippen molar-refractivity contribution in [3.8, 4) is 11.5 Å². The Kier molecular flexibility index (Phi) is 4.64. The number of benzene rings is 1. The summed E-state index contributed by atoms with van der Waals surface area (Å²) >= 11 is 0. The predicted octanol–water partition coefficient (Wildman–Crippen LogP) is 2.18. The fourth-order valence-corrected chi connectivity index (χ4v) is 3.09. The molecule has 1 fully saturated rings. The first kappa shape index (κ1) is 16.6. The SMILES string of the molecule is CC[C@H](C)[C@H](NC(=O)C1CC1c1ccc2c(c1)OCCO2)C(=O)O. The Morgan fingerprint density at radius 1 is 1.29 bits per heavy atom. The van der Waals surface area contributed by atoms with Crippen LogP contribution >= 0.6 is 0 Å². The van der Waals surface area contributed by atoms with Gasteiger partial charge in [0.1, 0.15) is 19.3 Å². The zero-order valence-corrected chi connectivity index (χ0v) is 14.0.